The monoisotopic (exact) mass is 214 g/mol. The Morgan fingerprint density at radius 1 is 1.27 bits per heavy atom. The van der Waals surface area contributed by atoms with Crippen LogP contribution < -0.4 is 0 Å². The smallest absolute Gasteiger partial charge is 0.139 e. The van der Waals surface area contributed by atoms with E-state index in [0.717, 1.165) is 6.42 Å². The molecule has 1 heterocycles. The molecule has 0 amide bonds. The molecule has 0 aliphatic carbocycles. The van der Waals surface area contributed by atoms with Crippen LogP contribution in [0.1, 0.15) is 33.6 Å². The van der Waals surface area contributed by atoms with E-state index in [0.29, 0.717) is 24.7 Å². The summed E-state index contributed by atoms with van der Waals surface area (Å²) in [5.74, 6) is 0.753. The summed E-state index contributed by atoms with van der Waals surface area (Å²) >= 11 is 0. The van der Waals surface area contributed by atoms with E-state index in [4.69, 9.17) is 9.47 Å². The highest BCUT2D eigenvalue weighted by Gasteiger charge is 2.40. The van der Waals surface area contributed by atoms with Crippen LogP contribution in [0.15, 0.2) is 0 Å². The van der Waals surface area contributed by atoms with Crippen LogP contribution in [0.2, 0.25) is 0 Å². The number of hydrogen-bond donors (Lipinski definition) is 0. The molecule has 1 aliphatic rings. The van der Waals surface area contributed by atoms with Gasteiger partial charge in [-0.3, -0.25) is 4.79 Å². The summed E-state index contributed by atoms with van der Waals surface area (Å²) < 4.78 is 10.6. The fourth-order valence-electron chi connectivity index (χ4n) is 2.38. The van der Waals surface area contributed by atoms with Crippen LogP contribution in [0.3, 0.4) is 0 Å². The van der Waals surface area contributed by atoms with Crippen molar-refractivity contribution >= 4 is 5.78 Å². The summed E-state index contributed by atoms with van der Waals surface area (Å²) in [6.45, 7) is 6.81. The maximum absolute atomic E-state index is 12.0. The van der Waals surface area contributed by atoms with Gasteiger partial charge in [0.05, 0.1) is 12.2 Å². The van der Waals surface area contributed by atoms with Gasteiger partial charge in [-0.15, -0.1) is 0 Å². The molecular weight excluding hydrogens is 192 g/mol. The molecule has 0 aromatic carbocycles. The summed E-state index contributed by atoms with van der Waals surface area (Å²) in [4.78, 5) is 12.0. The van der Waals surface area contributed by atoms with Gasteiger partial charge in [-0.05, 0) is 26.2 Å². The number of methoxy groups -OCH3 is 1. The molecule has 0 saturated carbocycles. The van der Waals surface area contributed by atoms with Crippen molar-refractivity contribution in [1.82, 2.24) is 0 Å². The van der Waals surface area contributed by atoms with Gasteiger partial charge in [-0.1, -0.05) is 6.92 Å². The molecule has 0 bridgehead atoms. The van der Waals surface area contributed by atoms with Crippen molar-refractivity contribution in [2.75, 3.05) is 13.7 Å². The standard InChI is InChI=1S/C12H22O3/c1-8-9(2)15-10(3)12(8)11(13)6-5-7-14-4/h8-10,12H,5-7H2,1-4H3. The first-order chi connectivity index (χ1) is 7.07. The van der Waals surface area contributed by atoms with Gasteiger partial charge in [0.15, 0.2) is 0 Å². The lowest BCUT2D eigenvalue weighted by Gasteiger charge is -2.16. The third-order valence-corrected chi connectivity index (χ3v) is 3.39. The number of rotatable bonds is 5. The summed E-state index contributed by atoms with van der Waals surface area (Å²) in [5, 5.41) is 0. The van der Waals surface area contributed by atoms with E-state index in [2.05, 4.69) is 6.92 Å². The second-order valence-corrected chi connectivity index (χ2v) is 4.49. The van der Waals surface area contributed by atoms with E-state index in [1.807, 2.05) is 13.8 Å². The molecule has 1 rings (SSSR count). The van der Waals surface area contributed by atoms with E-state index in [9.17, 15) is 4.79 Å². The maximum Gasteiger partial charge on any atom is 0.139 e. The molecule has 1 saturated heterocycles. The van der Waals surface area contributed by atoms with Crippen LogP contribution in [0.5, 0.6) is 0 Å². The zero-order valence-corrected chi connectivity index (χ0v) is 10.2. The van der Waals surface area contributed by atoms with E-state index >= 15 is 0 Å². The van der Waals surface area contributed by atoms with Crippen LogP contribution in [-0.2, 0) is 14.3 Å². The van der Waals surface area contributed by atoms with E-state index in [1.54, 1.807) is 7.11 Å². The van der Waals surface area contributed by atoms with Crippen LogP contribution in [-0.4, -0.2) is 31.7 Å². The topological polar surface area (TPSA) is 35.5 Å². The van der Waals surface area contributed by atoms with Crippen molar-refractivity contribution < 1.29 is 14.3 Å². The molecule has 4 atom stereocenters. The summed E-state index contributed by atoms with van der Waals surface area (Å²) in [7, 11) is 1.66. The third-order valence-electron chi connectivity index (χ3n) is 3.39. The van der Waals surface area contributed by atoms with E-state index in [-0.39, 0.29) is 18.1 Å². The first-order valence-corrected chi connectivity index (χ1v) is 5.75. The zero-order chi connectivity index (χ0) is 11.4. The summed E-state index contributed by atoms with van der Waals surface area (Å²) in [5.41, 5.74) is 0. The molecular formula is C12H22O3. The molecule has 3 nitrogen and oxygen atoms in total. The molecule has 4 unspecified atom stereocenters. The fourth-order valence-corrected chi connectivity index (χ4v) is 2.38. The van der Waals surface area contributed by atoms with Gasteiger partial charge < -0.3 is 9.47 Å². The molecule has 0 N–H and O–H groups in total. The molecule has 15 heavy (non-hydrogen) atoms. The normalized spacial score (nSPS) is 35.7. The minimum absolute atomic E-state index is 0.0741. The van der Waals surface area contributed by atoms with Gasteiger partial charge in [0.25, 0.3) is 0 Å². The van der Waals surface area contributed by atoms with Crippen LogP contribution in [0, 0.1) is 11.8 Å². The van der Waals surface area contributed by atoms with Crippen LogP contribution in [0.4, 0.5) is 0 Å². The van der Waals surface area contributed by atoms with Crippen molar-refractivity contribution in [1.29, 1.82) is 0 Å². The highest BCUT2D eigenvalue weighted by molar-refractivity contribution is 5.82. The molecule has 0 spiro atoms. The van der Waals surface area contributed by atoms with E-state index in [1.165, 1.54) is 0 Å². The Hall–Kier alpha value is -0.410. The Kier molecular flexibility index (Phi) is 4.74. The Bertz CT molecular complexity index is 215. The molecule has 3 heteroatoms. The van der Waals surface area contributed by atoms with Crippen molar-refractivity contribution in [3.63, 3.8) is 0 Å². The van der Waals surface area contributed by atoms with Crippen molar-refractivity contribution in [2.24, 2.45) is 11.8 Å². The van der Waals surface area contributed by atoms with Gasteiger partial charge >= 0.3 is 0 Å². The van der Waals surface area contributed by atoms with Gasteiger partial charge in [-0.2, -0.15) is 0 Å². The first kappa shape index (κ1) is 12.7. The van der Waals surface area contributed by atoms with Crippen molar-refractivity contribution in [2.45, 2.75) is 45.8 Å². The molecule has 0 aromatic heterocycles. The number of ether oxygens (including phenoxy) is 2. The average molecular weight is 214 g/mol. The number of ketones is 1. The number of Topliss-reactive ketones (excluding diaryl/α,β-unsaturated/α-hetero) is 1. The van der Waals surface area contributed by atoms with Gasteiger partial charge in [0.2, 0.25) is 0 Å². The minimum atomic E-state index is 0.0741. The average Bonchev–Trinajstić information content (AvgIpc) is 2.41. The molecule has 1 aliphatic heterocycles. The van der Waals surface area contributed by atoms with Gasteiger partial charge in [0, 0.05) is 26.1 Å². The van der Waals surface area contributed by atoms with Gasteiger partial charge in [0.1, 0.15) is 5.78 Å². The maximum atomic E-state index is 12.0. The lowest BCUT2D eigenvalue weighted by molar-refractivity contribution is -0.125. The summed E-state index contributed by atoms with van der Waals surface area (Å²) in [6.07, 6.45) is 1.71. The molecule has 1 fully saturated rings. The van der Waals surface area contributed by atoms with Crippen LogP contribution in [0.25, 0.3) is 0 Å². The highest BCUT2D eigenvalue weighted by Crippen LogP contribution is 2.33. The Morgan fingerprint density at radius 2 is 1.93 bits per heavy atom. The van der Waals surface area contributed by atoms with Crippen molar-refractivity contribution in [3.05, 3.63) is 0 Å². The van der Waals surface area contributed by atoms with Crippen LogP contribution >= 0.6 is 0 Å². The predicted molar refractivity (Wildman–Crippen MR) is 58.8 cm³/mol. The lowest BCUT2D eigenvalue weighted by Crippen LogP contribution is -2.26. The van der Waals surface area contributed by atoms with Crippen molar-refractivity contribution in [3.8, 4) is 0 Å². The number of carbonyl (C=O) groups is 1. The summed E-state index contributed by atoms with van der Waals surface area (Å²) in [6, 6.07) is 0. The quantitative estimate of drug-likeness (QED) is 0.657. The molecule has 0 radical (unpaired) electrons. The minimum Gasteiger partial charge on any atom is -0.385 e. The number of hydrogen-bond acceptors (Lipinski definition) is 3. The van der Waals surface area contributed by atoms with E-state index < -0.39 is 0 Å². The SMILES string of the molecule is COCCCC(=O)C1C(C)OC(C)C1C. The first-order valence-electron chi connectivity index (χ1n) is 5.75. The Balaban J connectivity index is 2.44. The Labute approximate surface area is 92.1 Å². The lowest BCUT2D eigenvalue weighted by atomic mass is 9.84. The zero-order valence-electron chi connectivity index (χ0n) is 10.2. The highest BCUT2D eigenvalue weighted by atomic mass is 16.5. The second kappa shape index (κ2) is 5.61. The fraction of sp³-hybridized carbons (Fsp3) is 0.917. The number of carbonyl (C=O) groups excluding carboxylic acids is 1. The molecule has 88 valence electrons. The largest absolute Gasteiger partial charge is 0.385 e. The Morgan fingerprint density at radius 3 is 2.40 bits per heavy atom. The second-order valence-electron chi connectivity index (χ2n) is 4.49. The molecule has 0 aromatic rings. The van der Waals surface area contributed by atoms with Gasteiger partial charge in [-0.25, -0.2) is 0 Å². The predicted octanol–water partition coefficient (Wildman–Crippen LogP) is 2.04. The third kappa shape index (κ3) is 3.02.